The molecule has 2 heterocycles. The van der Waals surface area contributed by atoms with Gasteiger partial charge in [0, 0.05) is 23.4 Å². The number of amides is 3. The molecule has 5 rings (SSSR count). The molecular formula is C27H27N3O3S. The SMILES string of the molecule is Cc1ccccc1-c1nc(CNC(=O)C2CCCCC2CN2C(=O)c3ccccc3C2=O)cs1. The minimum atomic E-state index is -0.253. The van der Waals surface area contributed by atoms with E-state index in [4.69, 9.17) is 4.98 Å². The molecule has 0 bridgehead atoms. The van der Waals surface area contributed by atoms with E-state index >= 15 is 0 Å². The van der Waals surface area contributed by atoms with E-state index in [1.54, 1.807) is 35.6 Å². The molecule has 6 nitrogen and oxygen atoms in total. The van der Waals surface area contributed by atoms with E-state index in [1.807, 2.05) is 17.5 Å². The first-order chi connectivity index (χ1) is 16.5. The third-order valence-corrected chi connectivity index (χ3v) is 7.84. The summed E-state index contributed by atoms with van der Waals surface area (Å²) in [5, 5.41) is 5.99. The maximum Gasteiger partial charge on any atom is 0.261 e. The molecule has 0 saturated heterocycles. The summed E-state index contributed by atoms with van der Waals surface area (Å²) in [7, 11) is 0. The van der Waals surface area contributed by atoms with Crippen molar-refractivity contribution in [3.63, 3.8) is 0 Å². The highest BCUT2D eigenvalue weighted by Gasteiger charge is 2.39. The topological polar surface area (TPSA) is 79.4 Å². The van der Waals surface area contributed by atoms with Crippen LogP contribution in [0.25, 0.3) is 10.6 Å². The molecule has 1 aliphatic heterocycles. The molecule has 1 N–H and O–H groups in total. The summed E-state index contributed by atoms with van der Waals surface area (Å²) < 4.78 is 0. The molecular weight excluding hydrogens is 446 g/mol. The average Bonchev–Trinajstić information content (AvgIpc) is 3.42. The standard InChI is InChI=1S/C27H27N3O3S/c1-17-8-2-4-10-20(17)25-29-19(16-34-25)14-28-24(31)21-11-5-3-9-18(21)15-30-26(32)22-12-6-7-13-23(22)27(30)33/h2,4,6-8,10,12-13,16,18,21H,3,5,9,11,14-15H2,1H3,(H,28,31). The van der Waals surface area contributed by atoms with Gasteiger partial charge < -0.3 is 5.32 Å². The van der Waals surface area contributed by atoms with Gasteiger partial charge in [0.15, 0.2) is 0 Å². The minimum Gasteiger partial charge on any atom is -0.350 e. The Morgan fingerprint density at radius 1 is 1.00 bits per heavy atom. The van der Waals surface area contributed by atoms with Crippen LogP contribution >= 0.6 is 11.3 Å². The molecule has 3 amide bonds. The number of rotatable bonds is 6. The fourth-order valence-corrected chi connectivity index (χ4v) is 5.95. The summed E-state index contributed by atoms with van der Waals surface area (Å²) in [5.74, 6) is -0.777. The van der Waals surface area contributed by atoms with E-state index in [9.17, 15) is 14.4 Å². The smallest absolute Gasteiger partial charge is 0.261 e. The normalized spacial score (nSPS) is 19.9. The highest BCUT2D eigenvalue weighted by molar-refractivity contribution is 7.13. The fraction of sp³-hybridized carbons (Fsp3) is 0.333. The largest absolute Gasteiger partial charge is 0.350 e. The van der Waals surface area contributed by atoms with Gasteiger partial charge in [-0.2, -0.15) is 0 Å². The number of imide groups is 1. The van der Waals surface area contributed by atoms with Crippen molar-refractivity contribution in [2.75, 3.05) is 6.54 Å². The Balaban J connectivity index is 1.23. The zero-order valence-corrected chi connectivity index (χ0v) is 19.9. The number of hydrogen-bond acceptors (Lipinski definition) is 5. The number of nitrogens with zero attached hydrogens (tertiary/aromatic N) is 2. The lowest BCUT2D eigenvalue weighted by Gasteiger charge is -2.32. The van der Waals surface area contributed by atoms with Gasteiger partial charge in [-0.25, -0.2) is 4.98 Å². The van der Waals surface area contributed by atoms with Gasteiger partial charge in [0.2, 0.25) is 5.91 Å². The van der Waals surface area contributed by atoms with Gasteiger partial charge in [0.1, 0.15) is 5.01 Å². The predicted molar refractivity (Wildman–Crippen MR) is 131 cm³/mol. The average molecular weight is 474 g/mol. The first-order valence-corrected chi connectivity index (χ1v) is 12.6. The molecule has 3 aromatic rings. The van der Waals surface area contributed by atoms with Crippen LogP contribution in [0.1, 0.15) is 57.7 Å². The summed E-state index contributed by atoms with van der Waals surface area (Å²) in [5.41, 5.74) is 4.03. The van der Waals surface area contributed by atoms with Crippen LogP contribution in [0.4, 0.5) is 0 Å². The van der Waals surface area contributed by atoms with Gasteiger partial charge in [0.05, 0.1) is 23.4 Å². The summed E-state index contributed by atoms with van der Waals surface area (Å²) in [6, 6.07) is 15.1. The van der Waals surface area contributed by atoms with Crippen LogP contribution in [0.15, 0.2) is 53.9 Å². The molecule has 174 valence electrons. The summed E-state index contributed by atoms with van der Waals surface area (Å²) in [6.45, 7) is 2.73. The van der Waals surface area contributed by atoms with Crippen LogP contribution in [0, 0.1) is 18.8 Å². The Hall–Kier alpha value is -3.32. The Bertz CT molecular complexity index is 1220. The van der Waals surface area contributed by atoms with Gasteiger partial charge >= 0.3 is 0 Å². The number of carbonyl (C=O) groups is 3. The van der Waals surface area contributed by atoms with Gasteiger partial charge in [-0.1, -0.05) is 49.2 Å². The van der Waals surface area contributed by atoms with Crippen molar-refractivity contribution < 1.29 is 14.4 Å². The third-order valence-electron chi connectivity index (χ3n) is 6.91. The minimum absolute atomic E-state index is 0.0215. The second-order valence-corrected chi connectivity index (χ2v) is 9.95. The lowest BCUT2D eigenvalue weighted by molar-refractivity contribution is -0.128. The number of thiazole rings is 1. The number of aromatic nitrogens is 1. The van der Waals surface area contributed by atoms with E-state index in [-0.39, 0.29) is 29.6 Å². The molecule has 2 unspecified atom stereocenters. The lowest BCUT2D eigenvalue weighted by Crippen LogP contribution is -2.43. The van der Waals surface area contributed by atoms with Crippen molar-refractivity contribution in [1.82, 2.24) is 15.2 Å². The van der Waals surface area contributed by atoms with Crippen molar-refractivity contribution in [3.05, 3.63) is 76.3 Å². The predicted octanol–water partition coefficient (Wildman–Crippen LogP) is 4.84. The molecule has 2 aromatic carbocycles. The number of carbonyl (C=O) groups excluding carboxylic acids is 3. The van der Waals surface area contributed by atoms with Crippen LogP contribution in [0.3, 0.4) is 0 Å². The van der Waals surface area contributed by atoms with Crippen molar-refractivity contribution in [2.24, 2.45) is 11.8 Å². The third kappa shape index (κ3) is 4.28. The molecule has 7 heteroatoms. The first-order valence-electron chi connectivity index (χ1n) is 11.8. The van der Waals surface area contributed by atoms with E-state index in [0.29, 0.717) is 24.2 Å². The van der Waals surface area contributed by atoms with Gasteiger partial charge in [-0.05, 0) is 43.4 Å². The van der Waals surface area contributed by atoms with E-state index in [2.05, 4.69) is 24.4 Å². The van der Waals surface area contributed by atoms with Crippen LogP contribution in [-0.2, 0) is 11.3 Å². The number of hydrogen-bond donors (Lipinski definition) is 1. The quantitative estimate of drug-likeness (QED) is 0.520. The van der Waals surface area contributed by atoms with Gasteiger partial charge in [-0.3, -0.25) is 19.3 Å². The maximum atomic E-state index is 13.1. The lowest BCUT2D eigenvalue weighted by atomic mass is 9.78. The second-order valence-electron chi connectivity index (χ2n) is 9.09. The van der Waals surface area contributed by atoms with Crippen molar-refractivity contribution in [2.45, 2.75) is 39.2 Å². The number of benzene rings is 2. The molecule has 2 aliphatic rings. The Morgan fingerprint density at radius 2 is 1.65 bits per heavy atom. The van der Waals surface area contributed by atoms with Crippen molar-refractivity contribution in [3.8, 4) is 10.6 Å². The number of nitrogens with one attached hydrogen (secondary N) is 1. The highest BCUT2D eigenvalue weighted by atomic mass is 32.1. The molecule has 1 aromatic heterocycles. The van der Waals surface area contributed by atoms with Crippen molar-refractivity contribution >= 4 is 29.1 Å². The molecule has 0 spiro atoms. The van der Waals surface area contributed by atoms with Gasteiger partial charge in [0.25, 0.3) is 11.8 Å². The molecule has 0 radical (unpaired) electrons. The summed E-state index contributed by atoms with van der Waals surface area (Å²) in [6.07, 6.45) is 3.58. The second kappa shape index (κ2) is 9.50. The zero-order chi connectivity index (χ0) is 23.7. The zero-order valence-electron chi connectivity index (χ0n) is 19.1. The highest BCUT2D eigenvalue weighted by Crippen LogP contribution is 2.33. The van der Waals surface area contributed by atoms with Crippen LogP contribution in [0.5, 0.6) is 0 Å². The molecule has 34 heavy (non-hydrogen) atoms. The van der Waals surface area contributed by atoms with Crippen molar-refractivity contribution in [1.29, 1.82) is 0 Å². The Labute approximate surface area is 203 Å². The number of fused-ring (bicyclic) bond motifs is 1. The molecule has 1 fully saturated rings. The molecule has 2 atom stereocenters. The van der Waals surface area contributed by atoms with E-state index in [0.717, 1.165) is 41.9 Å². The first kappa shape index (κ1) is 22.5. The van der Waals surface area contributed by atoms with Crippen LogP contribution in [-0.4, -0.2) is 34.2 Å². The van der Waals surface area contributed by atoms with Crippen LogP contribution < -0.4 is 5.32 Å². The van der Waals surface area contributed by atoms with E-state index < -0.39 is 0 Å². The fourth-order valence-electron chi connectivity index (χ4n) is 5.04. The summed E-state index contributed by atoms with van der Waals surface area (Å²) >= 11 is 1.58. The summed E-state index contributed by atoms with van der Waals surface area (Å²) in [4.78, 5) is 44.8. The van der Waals surface area contributed by atoms with E-state index in [1.165, 1.54) is 10.5 Å². The maximum absolute atomic E-state index is 13.1. The van der Waals surface area contributed by atoms with Gasteiger partial charge in [-0.15, -0.1) is 11.3 Å². The monoisotopic (exact) mass is 473 g/mol. The van der Waals surface area contributed by atoms with Crippen LogP contribution in [0.2, 0.25) is 0 Å². The number of aryl methyl sites for hydroxylation is 1. The Kier molecular flexibility index (Phi) is 6.28. The Morgan fingerprint density at radius 3 is 2.35 bits per heavy atom. The molecule has 1 aliphatic carbocycles. The molecule has 1 saturated carbocycles.